The van der Waals surface area contributed by atoms with E-state index in [1.165, 1.54) is 14.2 Å². The van der Waals surface area contributed by atoms with E-state index in [4.69, 9.17) is 0 Å². The molecular weight excluding hydrogens is 204 g/mol. The van der Waals surface area contributed by atoms with Crippen LogP contribution in [0.15, 0.2) is 9.59 Å². The Balaban J connectivity index is 2.87. The quantitative estimate of drug-likeness (QED) is 0.566. The molecule has 1 heterocycles. The second-order valence-corrected chi connectivity index (χ2v) is 2.66. The van der Waals surface area contributed by atoms with Gasteiger partial charge >= 0.3 is 11.7 Å². The maximum absolute atomic E-state index is 11.1. The predicted octanol–water partition coefficient (Wildman–Crippen LogP) is -1.95. The second-order valence-electron chi connectivity index (χ2n) is 2.66. The average molecular weight is 214 g/mol. The highest BCUT2D eigenvalue weighted by molar-refractivity contribution is 5.74. The third kappa shape index (κ3) is 2.66. The van der Waals surface area contributed by atoms with Gasteiger partial charge in [0.25, 0.3) is 5.56 Å². The van der Waals surface area contributed by atoms with E-state index >= 15 is 0 Å². The summed E-state index contributed by atoms with van der Waals surface area (Å²) in [6.45, 7) is -0.190. The third-order valence-corrected chi connectivity index (χ3v) is 1.61. The van der Waals surface area contributed by atoms with Crippen LogP contribution in [0.3, 0.4) is 0 Å². The first-order valence-corrected chi connectivity index (χ1v) is 4.03. The molecule has 15 heavy (non-hydrogen) atoms. The van der Waals surface area contributed by atoms with Gasteiger partial charge in [-0.15, -0.1) is 5.10 Å². The number of carbonyl (C=O) groups excluding carboxylic acids is 1. The Morgan fingerprint density at radius 1 is 1.60 bits per heavy atom. The number of H-pyrrole nitrogens is 1. The van der Waals surface area contributed by atoms with Crippen LogP contribution >= 0.6 is 0 Å². The lowest BCUT2D eigenvalue weighted by Gasteiger charge is -2.03. The van der Waals surface area contributed by atoms with Crippen molar-refractivity contribution in [3.8, 4) is 0 Å². The van der Waals surface area contributed by atoms with Gasteiger partial charge in [0.05, 0.1) is 7.11 Å². The molecule has 8 nitrogen and oxygen atoms in total. The molecule has 8 heteroatoms. The van der Waals surface area contributed by atoms with Gasteiger partial charge in [0, 0.05) is 7.05 Å². The van der Waals surface area contributed by atoms with E-state index in [1.807, 2.05) is 4.98 Å². The fraction of sp³-hybridized carbons (Fsp3) is 0.429. The SMILES string of the molecule is COC(=O)CNc1nn(C)c(=O)[nH]c1=O. The maximum Gasteiger partial charge on any atom is 0.344 e. The first-order chi connectivity index (χ1) is 7.04. The van der Waals surface area contributed by atoms with Gasteiger partial charge in [-0.25, -0.2) is 9.48 Å². The molecule has 0 aromatic carbocycles. The molecule has 0 fully saturated rings. The molecule has 0 aliphatic heterocycles. The van der Waals surface area contributed by atoms with Crippen molar-refractivity contribution in [2.75, 3.05) is 19.0 Å². The van der Waals surface area contributed by atoms with Crippen LogP contribution in [0.5, 0.6) is 0 Å². The minimum atomic E-state index is -0.679. The summed E-state index contributed by atoms with van der Waals surface area (Å²) in [7, 11) is 2.60. The zero-order chi connectivity index (χ0) is 11.4. The number of nitrogens with one attached hydrogen (secondary N) is 2. The summed E-state index contributed by atoms with van der Waals surface area (Å²) < 4.78 is 5.30. The van der Waals surface area contributed by atoms with Crippen LogP contribution in [0.1, 0.15) is 0 Å². The normalized spacial score (nSPS) is 9.73. The summed E-state index contributed by atoms with van der Waals surface area (Å²) in [6.07, 6.45) is 0. The molecular formula is C7H10N4O4. The number of methoxy groups -OCH3 is 1. The van der Waals surface area contributed by atoms with Gasteiger partial charge in [-0.1, -0.05) is 0 Å². The maximum atomic E-state index is 11.1. The number of anilines is 1. The molecule has 82 valence electrons. The second kappa shape index (κ2) is 4.40. The van der Waals surface area contributed by atoms with Crippen LogP contribution < -0.4 is 16.6 Å². The van der Waals surface area contributed by atoms with Crippen molar-refractivity contribution in [3.63, 3.8) is 0 Å². The van der Waals surface area contributed by atoms with Crippen LogP contribution in [0.4, 0.5) is 5.82 Å². The van der Waals surface area contributed by atoms with E-state index in [0.717, 1.165) is 4.68 Å². The van der Waals surface area contributed by atoms with Crippen LogP contribution in [0.2, 0.25) is 0 Å². The number of hydrogen-bond donors (Lipinski definition) is 2. The van der Waals surface area contributed by atoms with Crippen LogP contribution in [-0.4, -0.2) is 34.4 Å². The Bertz CT molecular complexity index is 475. The lowest BCUT2D eigenvalue weighted by molar-refractivity contribution is -0.138. The van der Waals surface area contributed by atoms with Crippen molar-refractivity contribution in [3.05, 3.63) is 20.8 Å². The van der Waals surface area contributed by atoms with E-state index in [-0.39, 0.29) is 12.4 Å². The minimum absolute atomic E-state index is 0.109. The zero-order valence-electron chi connectivity index (χ0n) is 8.23. The van der Waals surface area contributed by atoms with Crippen molar-refractivity contribution in [2.24, 2.45) is 7.05 Å². The molecule has 0 aliphatic rings. The van der Waals surface area contributed by atoms with E-state index in [2.05, 4.69) is 15.2 Å². The Morgan fingerprint density at radius 3 is 2.87 bits per heavy atom. The highest BCUT2D eigenvalue weighted by atomic mass is 16.5. The number of ether oxygens (including phenoxy) is 1. The van der Waals surface area contributed by atoms with Crippen LogP contribution in [-0.2, 0) is 16.6 Å². The number of nitrogens with zero attached hydrogens (tertiary/aromatic N) is 2. The highest BCUT2D eigenvalue weighted by Gasteiger charge is 2.06. The number of aryl methyl sites for hydroxylation is 1. The standard InChI is InChI=1S/C7H10N4O4/c1-11-7(14)9-6(13)5(10-11)8-3-4(12)15-2/h3H2,1-2H3,(H,8,10)(H,9,13,14). The number of rotatable bonds is 3. The summed E-state index contributed by atoms with van der Waals surface area (Å²) in [6, 6.07) is 0. The predicted molar refractivity (Wildman–Crippen MR) is 50.6 cm³/mol. The zero-order valence-corrected chi connectivity index (χ0v) is 8.23. The summed E-state index contributed by atoms with van der Waals surface area (Å²) in [5.41, 5.74) is -1.30. The molecule has 0 spiro atoms. The van der Waals surface area contributed by atoms with E-state index in [0.29, 0.717) is 0 Å². The molecule has 0 bridgehead atoms. The topological polar surface area (TPSA) is 106 Å². The monoisotopic (exact) mass is 214 g/mol. The Morgan fingerprint density at radius 2 is 2.27 bits per heavy atom. The smallest absolute Gasteiger partial charge is 0.344 e. The van der Waals surface area contributed by atoms with Crippen molar-refractivity contribution in [1.29, 1.82) is 0 Å². The first-order valence-electron chi connectivity index (χ1n) is 4.03. The minimum Gasteiger partial charge on any atom is -0.468 e. The van der Waals surface area contributed by atoms with E-state index in [9.17, 15) is 14.4 Å². The average Bonchev–Trinajstić information content (AvgIpc) is 2.21. The molecule has 0 radical (unpaired) electrons. The fourth-order valence-electron chi connectivity index (χ4n) is 0.822. The molecule has 0 unspecified atom stereocenters. The summed E-state index contributed by atoms with van der Waals surface area (Å²) in [4.78, 5) is 34.8. The van der Waals surface area contributed by atoms with E-state index < -0.39 is 17.2 Å². The number of hydrogen-bond acceptors (Lipinski definition) is 6. The molecule has 2 N–H and O–H groups in total. The van der Waals surface area contributed by atoms with Crippen molar-refractivity contribution in [1.82, 2.24) is 14.8 Å². The Hall–Kier alpha value is -2.12. The Kier molecular flexibility index (Phi) is 3.21. The fourth-order valence-corrected chi connectivity index (χ4v) is 0.822. The lowest BCUT2D eigenvalue weighted by atomic mass is 10.6. The van der Waals surface area contributed by atoms with Gasteiger partial charge in [0.1, 0.15) is 6.54 Å². The van der Waals surface area contributed by atoms with Gasteiger partial charge in [0.2, 0.25) is 5.82 Å². The number of esters is 1. The molecule has 0 amide bonds. The molecule has 1 aromatic heterocycles. The largest absolute Gasteiger partial charge is 0.468 e. The molecule has 0 saturated heterocycles. The molecule has 0 aliphatic carbocycles. The van der Waals surface area contributed by atoms with Gasteiger partial charge in [-0.3, -0.25) is 14.6 Å². The van der Waals surface area contributed by atoms with E-state index in [1.54, 1.807) is 0 Å². The summed E-state index contributed by atoms with van der Waals surface area (Å²) >= 11 is 0. The lowest BCUT2D eigenvalue weighted by Crippen LogP contribution is -2.33. The molecule has 0 atom stereocenters. The van der Waals surface area contributed by atoms with Gasteiger partial charge < -0.3 is 10.1 Å². The molecule has 0 saturated carbocycles. The third-order valence-electron chi connectivity index (χ3n) is 1.61. The van der Waals surface area contributed by atoms with Gasteiger partial charge in [-0.2, -0.15) is 0 Å². The first kappa shape index (κ1) is 11.0. The van der Waals surface area contributed by atoms with Crippen molar-refractivity contribution in [2.45, 2.75) is 0 Å². The number of carbonyl (C=O) groups is 1. The molecule has 1 aromatic rings. The van der Waals surface area contributed by atoms with Gasteiger partial charge in [-0.05, 0) is 0 Å². The highest BCUT2D eigenvalue weighted by Crippen LogP contribution is 1.86. The van der Waals surface area contributed by atoms with Crippen LogP contribution in [0.25, 0.3) is 0 Å². The number of aromatic nitrogens is 3. The molecule has 1 rings (SSSR count). The summed E-state index contributed by atoms with van der Waals surface area (Å²) in [5, 5.41) is 6.06. The summed E-state index contributed by atoms with van der Waals surface area (Å²) in [5.74, 6) is -0.646. The Labute approximate surface area is 83.9 Å². The number of aromatic amines is 1. The van der Waals surface area contributed by atoms with Crippen LogP contribution in [0, 0.1) is 0 Å². The van der Waals surface area contributed by atoms with Crippen molar-refractivity contribution < 1.29 is 9.53 Å². The van der Waals surface area contributed by atoms with Gasteiger partial charge in [0.15, 0.2) is 0 Å². The van der Waals surface area contributed by atoms with Crippen molar-refractivity contribution >= 4 is 11.8 Å².